The molecule has 0 saturated heterocycles. The highest BCUT2D eigenvalue weighted by molar-refractivity contribution is 7.92. The lowest BCUT2D eigenvalue weighted by molar-refractivity contribution is 0.595. The van der Waals surface area contributed by atoms with Crippen molar-refractivity contribution in [1.29, 1.82) is 0 Å². The summed E-state index contributed by atoms with van der Waals surface area (Å²) in [5.41, 5.74) is 6.73. The smallest absolute Gasteiger partial charge is 0.210 e. The van der Waals surface area contributed by atoms with E-state index in [1.165, 1.54) is 29.5 Å². The first-order valence-corrected chi connectivity index (χ1v) is 10.9. The average Bonchev–Trinajstić information content (AvgIpc) is 2.70. The average molecular weight is 375 g/mol. The van der Waals surface area contributed by atoms with Gasteiger partial charge >= 0.3 is 0 Å². The molecule has 0 aromatic heterocycles. The molecule has 0 saturated carbocycles. The normalized spacial score (nSPS) is 17.0. The molecule has 3 aromatic carbocycles. The summed E-state index contributed by atoms with van der Waals surface area (Å²) in [6, 6.07) is 19.0. The molecule has 0 spiro atoms. The Morgan fingerprint density at radius 3 is 1.89 bits per heavy atom. The van der Waals surface area contributed by atoms with E-state index in [9.17, 15) is 8.42 Å². The van der Waals surface area contributed by atoms with E-state index in [1.54, 1.807) is 24.3 Å². The Kier molecular flexibility index (Phi) is 3.66. The standard InChI is InChI=1S/C23H21NO2S/c1-16-14-15-19(18-9-3-2-8-17(16)18)24-20-10-4-6-12-22(20)27(25,26)23-13-7-5-11-21(23)24/h4-7,10-15H,2-3,8-9H2,1H3. The lowest BCUT2D eigenvalue weighted by Crippen LogP contribution is -2.24. The van der Waals surface area contributed by atoms with Gasteiger partial charge in [0.2, 0.25) is 9.84 Å². The van der Waals surface area contributed by atoms with Crippen LogP contribution in [0.2, 0.25) is 0 Å². The molecule has 136 valence electrons. The van der Waals surface area contributed by atoms with Crippen LogP contribution in [0.15, 0.2) is 70.5 Å². The van der Waals surface area contributed by atoms with E-state index in [0.717, 1.165) is 29.9 Å². The number of hydrogen-bond donors (Lipinski definition) is 0. The third-order valence-electron chi connectivity index (χ3n) is 5.78. The van der Waals surface area contributed by atoms with Crippen LogP contribution in [0.25, 0.3) is 0 Å². The minimum absolute atomic E-state index is 0.383. The van der Waals surface area contributed by atoms with E-state index in [-0.39, 0.29) is 0 Å². The molecule has 0 atom stereocenters. The van der Waals surface area contributed by atoms with Crippen LogP contribution in [-0.4, -0.2) is 8.42 Å². The van der Waals surface area contributed by atoms with Crippen LogP contribution in [0.4, 0.5) is 17.1 Å². The molecule has 3 nitrogen and oxygen atoms in total. The van der Waals surface area contributed by atoms with E-state index in [1.807, 2.05) is 24.3 Å². The number of para-hydroxylation sites is 2. The van der Waals surface area contributed by atoms with E-state index in [4.69, 9.17) is 0 Å². The van der Waals surface area contributed by atoms with Crippen LogP contribution in [0.5, 0.6) is 0 Å². The van der Waals surface area contributed by atoms with Crippen molar-refractivity contribution in [3.8, 4) is 0 Å². The Bertz CT molecular complexity index is 1110. The summed E-state index contributed by atoms with van der Waals surface area (Å²) in [6.45, 7) is 2.18. The summed E-state index contributed by atoms with van der Waals surface area (Å²) in [6.07, 6.45) is 4.54. The topological polar surface area (TPSA) is 37.4 Å². The number of fused-ring (bicyclic) bond motifs is 3. The minimum atomic E-state index is -3.51. The second-order valence-corrected chi connectivity index (χ2v) is 9.23. The van der Waals surface area contributed by atoms with Crippen LogP contribution in [0.1, 0.15) is 29.5 Å². The molecule has 0 radical (unpaired) electrons. The van der Waals surface area contributed by atoms with Crippen LogP contribution in [0.3, 0.4) is 0 Å². The number of hydrogen-bond acceptors (Lipinski definition) is 3. The molecule has 0 N–H and O–H groups in total. The highest BCUT2D eigenvalue weighted by atomic mass is 32.2. The fourth-order valence-corrected chi connectivity index (χ4v) is 6.11. The van der Waals surface area contributed by atoms with Crippen molar-refractivity contribution in [2.75, 3.05) is 4.90 Å². The summed E-state index contributed by atoms with van der Waals surface area (Å²) < 4.78 is 26.4. The van der Waals surface area contributed by atoms with Crippen LogP contribution >= 0.6 is 0 Å². The van der Waals surface area contributed by atoms with Gasteiger partial charge in [0.05, 0.1) is 21.2 Å². The minimum Gasteiger partial charge on any atom is -0.308 e. The van der Waals surface area contributed by atoms with Crippen LogP contribution in [0, 0.1) is 6.92 Å². The Labute approximate surface area is 160 Å². The predicted molar refractivity (Wildman–Crippen MR) is 108 cm³/mol. The van der Waals surface area contributed by atoms with Gasteiger partial charge in [-0.25, -0.2) is 8.42 Å². The van der Waals surface area contributed by atoms with E-state index in [2.05, 4.69) is 24.0 Å². The Hall–Kier alpha value is -2.59. The number of aryl methyl sites for hydroxylation is 1. The van der Waals surface area contributed by atoms with Gasteiger partial charge in [0.1, 0.15) is 0 Å². The first kappa shape index (κ1) is 16.6. The molecule has 1 heterocycles. The molecule has 5 rings (SSSR count). The van der Waals surface area contributed by atoms with Crippen molar-refractivity contribution < 1.29 is 8.42 Å². The van der Waals surface area contributed by atoms with Gasteiger partial charge in [0.15, 0.2) is 0 Å². The van der Waals surface area contributed by atoms with Gasteiger partial charge in [-0.05, 0) is 79.6 Å². The van der Waals surface area contributed by atoms with Gasteiger partial charge in [-0.2, -0.15) is 0 Å². The number of nitrogens with zero attached hydrogens (tertiary/aromatic N) is 1. The maximum atomic E-state index is 13.2. The molecule has 1 aliphatic carbocycles. The lowest BCUT2D eigenvalue weighted by Gasteiger charge is -2.35. The van der Waals surface area contributed by atoms with Crippen molar-refractivity contribution in [2.45, 2.75) is 42.4 Å². The Balaban J connectivity index is 1.85. The Morgan fingerprint density at radius 1 is 0.704 bits per heavy atom. The number of anilines is 3. The van der Waals surface area contributed by atoms with Gasteiger partial charge in [0, 0.05) is 5.69 Å². The predicted octanol–water partition coefficient (Wildman–Crippen LogP) is 5.49. The molecule has 0 bridgehead atoms. The molecule has 0 amide bonds. The van der Waals surface area contributed by atoms with Gasteiger partial charge in [-0.3, -0.25) is 0 Å². The SMILES string of the molecule is Cc1ccc(N2c3ccccc3S(=O)(=O)c3ccccc32)c2c1CCCC2. The van der Waals surface area contributed by atoms with Crippen molar-refractivity contribution in [2.24, 2.45) is 0 Å². The fraction of sp³-hybridized carbons (Fsp3) is 0.217. The van der Waals surface area contributed by atoms with Gasteiger partial charge in [-0.15, -0.1) is 0 Å². The molecule has 0 fully saturated rings. The monoisotopic (exact) mass is 375 g/mol. The second-order valence-electron chi connectivity index (χ2n) is 7.34. The zero-order valence-electron chi connectivity index (χ0n) is 15.3. The zero-order chi connectivity index (χ0) is 18.6. The second kappa shape index (κ2) is 5.96. The first-order chi connectivity index (χ1) is 13.1. The fourth-order valence-electron chi connectivity index (χ4n) is 4.48. The summed E-state index contributed by atoms with van der Waals surface area (Å²) in [7, 11) is -3.51. The quantitative estimate of drug-likeness (QED) is 0.441. The third-order valence-corrected chi connectivity index (χ3v) is 7.62. The van der Waals surface area contributed by atoms with Crippen molar-refractivity contribution in [3.63, 3.8) is 0 Å². The number of benzene rings is 3. The number of rotatable bonds is 1. The van der Waals surface area contributed by atoms with Crippen molar-refractivity contribution in [1.82, 2.24) is 0 Å². The van der Waals surface area contributed by atoms with Gasteiger partial charge < -0.3 is 4.90 Å². The van der Waals surface area contributed by atoms with E-state index in [0.29, 0.717) is 9.79 Å². The highest BCUT2D eigenvalue weighted by Crippen LogP contribution is 2.49. The van der Waals surface area contributed by atoms with Crippen LogP contribution in [-0.2, 0) is 22.7 Å². The summed E-state index contributed by atoms with van der Waals surface area (Å²) in [4.78, 5) is 2.91. The summed E-state index contributed by atoms with van der Waals surface area (Å²) >= 11 is 0. The Morgan fingerprint density at radius 2 is 1.26 bits per heavy atom. The molecule has 2 aliphatic rings. The summed E-state index contributed by atoms with van der Waals surface area (Å²) in [5, 5.41) is 0. The molecule has 4 heteroatoms. The molecule has 27 heavy (non-hydrogen) atoms. The van der Waals surface area contributed by atoms with Gasteiger partial charge in [-0.1, -0.05) is 30.3 Å². The molecular formula is C23H21NO2S. The zero-order valence-corrected chi connectivity index (χ0v) is 16.1. The summed E-state index contributed by atoms with van der Waals surface area (Å²) in [5.74, 6) is 0. The first-order valence-electron chi connectivity index (χ1n) is 9.43. The number of sulfone groups is 1. The maximum absolute atomic E-state index is 13.2. The molecule has 1 aliphatic heterocycles. The highest BCUT2D eigenvalue weighted by Gasteiger charge is 2.35. The lowest BCUT2D eigenvalue weighted by atomic mass is 9.87. The maximum Gasteiger partial charge on any atom is 0.210 e. The van der Waals surface area contributed by atoms with E-state index >= 15 is 0 Å². The molecule has 0 unspecified atom stereocenters. The molecule has 3 aromatic rings. The third kappa shape index (κ3) is 2.36. The van der Waals surface area contributed by atoms with Crippen molar-refractivity contribution in [3.05, 3.63) is 77.4 Å². The largest absolute Gasteiger partial charge is 0.308 e. The van der Waals surface area contributed by atoms with Crippen LogP contribution < -0.4 is 4.90 Å². The van der Waals surface area contributed by atoms with Gasteiger partial charge in [0.25, 0.3) is 0 Å². The van der Waals surface area contributed by atoms with E-state index < -0.39 is 9.84 Å². The molecular weight excluding hydrogens is 354 g/mol. The van der Waals surface area contributed by atoms with Crippen molar-refractivity contribution >= 4 is 26.9 Å².